The SMILES string of the molecule is Cc1nn(C)cc1-c1ccc2c(=O)[nH]nc(CN)c2c1. The number of nitrogens with zero attached hydrogens (tertiary/aromatic N) is 3. The third-order valence-electron chi connectivity index (χ3n) is 3.39. The highest BCUT2D eigenvalue weighted by molar-refractivity contribution is 5.88. The molecular formula is C14H15N5O. The fourth-order valence-corrected chi connectivity index (χ4v) is 2.43. The van der Waals surface area contributed by atoms with E-state index in [9.17, 15) is 4.79 Å². The number of benzene rings is 1. The van der Waals surface area contributed by atoms with Crippen molar-refractivity contribution >= 4 is 10.8 Å². The summed E-state index contributed by atoms with van der Waals surface area (Å²) in [6.45, 7) is 2.24. The van der Waals surface area contributed by atoms with Crippen molar-refractivity contribution in [1.82, 2.24) is 20.0 Å². The second kappa shape index (κ2) is 4.57. The number of fused-ring (bicyclic) bond motifs is 1. The van der Waals surface area contributed by atoms with E-state index in [4.69, 9.17) is 5.73 Å². The lowest BCUT2D eigenvalue weighted by Crippen LogP contribution is -2.13. The van der Waals surface area contributed by atoms with Crippen molar-refractivity contribution in [2.45, 2.75) is 13.5 Å². The molecule has 0 atom stereocenters. The number of nitrogens with two attached hydrogens (primary N) is 1. The first kappa shape index (κ1) is 12.6. The van der Waals surface area contributed by atoms with Crippen molar-refractivity contribution in [1.29, 1.82) is 0 Å². The molecule has 3 aromatic rings. The van der Waals surface area contributed by atoms with E-state index < -0.39 is 0 Å². The number of hydrogen-bond acceptors (Lipinski definition) is 4. The first-order valence-electron chi connectivity index (χ1n) is 6.32. The highest BCUT2D eigenvalue weighted by Crippen LogP contribution is 2.26. The van der Waals surface area contributed by atoms with Gasteiger partial charge in [-0.25, -0.2) is 5.10 Å². The zero-order chi connectivity index (χ0) is 14.3. The van der Waals surface area contributed by atoms with Crippen LogP contribution in [0.3, 0.4) is 0 Å². The molecule has 0 aliphatic rings. The average molecular weight is 269 g/mol. The molecule has 6 heteroatoms. The van der Waals surface area contributed by atoms with Crippen LogP contribution in [0.5, 0.6) is 0 Å². The first-order valence-corrected chi connectivity index (χ1v) is 6.32. The zero-order valence-electron chi connectivity index (χ0n) is 11.3. The molecule has 3 rings (SSSR count). The summed E-state index contributed by atoms with van der Waals surface area (Å²) in [5, 5.41) is 12.2. The lowest BCUT2D eigenvalue weighted by Gasteiger charge is -2.05. The maximum atomic E-state index is 11.8. The Morgan fingerprint density at radius 1 is 1.35 bits per heavy atom. The topological polar surface area (TPSA) is 89.6 Å². The van der Waals surface area contributed by atoms with E-state index >= 15 is 0 Å². The lowest BCUT2D eigenvalue weighted by molar-refractivity contribution is 0.756. The third kappa shape index (κ3) is 1.90. The minimum Gasteiger partial charge on any atom is -0.325 e. The summed E-state index contributed by atoms with van der Waals surface area (Å²) in [5.41, 5.74) is 9.16. The van der Waals surface area contributed by atoms with E-state index in [2.05, 4.69) is 15.3 Å². The molecule has 1 aromatic carbocycles. The van der Waals surface area contributed by atoms with Crippen LogP contribution in [0.2, 0.25) is 0 Å². The summed E-state index contributed by atoms with van der Waals surface area (Å²) in [6.07, 6.45) is 1.96. The molecular weight excluding hydrogens is 254 g/mol. The Morgan fingerprint density at radius 2 is 2.15 bits per heavy atom. The standard InChI is InChI=1S/C14H15N5O/c1-8-12(7-19(2)18-8)9-3-4-10-11(5-9)13(6-15)16-17-14(10)20/h3-5,7H,6,15H2,1-2H3,(H,17,20). The smallest absolute Gasteiger partial charge is 0.272 e. The molecule has 0 saturated carbocycles. The van der Waals surface area contributed by atoms with Gasteiger partial charge in [-0.2, -0.15) is 10.2 Å². The Bertz CT molecular complexity index is 846. The van der Waals surface area contributed by atoms with Gasteiger partial charge < -0.3 is 5.73 Å². The molecule has 102 valence electrons. The van der Waals surface area contributed by atoms with E-state index in [0.717, 1.165) is 22.2 Å². The Hall–Kier alpha value is -2.47. The largest absolute Gasteiger partial charge is 0.325 e. The van der Waals surface area contributed by atoms with Gasteiger partial charge in [-0.15, -0.1) is 0 Å². The highest BCUT2D eigenvalue weighted by atomic mass is 16.1. The molecule has 0 saturated heterocycles. The Morgan fingerprint density at radius 3 is 2.80 bits per heavy atom. The van der Waals surface area contributed by atoms with Crippen LogP contribution >= 0.6 is 0 Å². The van der Waals surface area contributed by atoms with Crippen LogP contribution in [0, 0.1) is 6.92 Å². The summed E-state index contributed by atoms with van der Waals surface area (Å²) < 4.78 is 1.77. The molecule has 2 heterocycles. The first-order chi connectivity index (χ1) is 9.60. The number of hydrogen-bond donors (Lipinski definition) is 2. The number of aryl methyl sites for hydroxylation is 2. The summed E-state index contributed by atoms with van der Waals surface area (Å²) in [4.78, 5) is 11.8. The van der Waals surface area contributed by atoms with Gasteiger partial charge in [0.15, 0.2) is 0 Å². The van der Waals surface area contributed by atoms with Gasteiger partial charge in [0.25, 0.3) is 5.56 Å². The van der Waals surface area contributed by atoms with Crippen molar-refractivity contribution in [3.05, 3.63) is 46.1 Å². The molecule has 0 unspecified atom stereocenters. The number of H-pyrrole nitrogens is 1. The molecule has 0 amide bonds. The molecule has 20 heavy (non-hydrogen) atoms. The minimum atomic E-state index is -0.202. The fourth-order valence-electron chi connectivity index (χ4n) is 2.43. The summed E-state index contributed by atoms with van der Waals surface area (Å²) >= 11 is 0. The summed E-state index contributed by atoms with van der Waals surface area (Å²) in [5.74, 6) is 0. The predicted octanol–water partition coefficient (Wildman–Crippen LogP) is 1.09. The second-order valence-corrected chi connectivity index (χ2v) is 4.77. The maximum Gasteiger partial charge on any atom is 0.272 e. The van der Waals surface area contributed by atoms with Crippen LogP contribution in [-0.4, -0.2) is 20.0 Å². The van der Waals surface area contributed by atoms with Gasteiger partial charge in [0.1, 0.15) is 0 Å². The minimum absolute atomic E-state index is 0.202. The van der Waals surface area contributed by atoms with Gasteiger partial charge in [-0.1, -0.05) is 6.07 Å². The van der Waals surface area contributed by atoms with Crippen LogP contribution in [0.4, 0.5) is 0 Å². The molecule has 3 N–H and O–H groups in total. The Kier molecular flexibility index (Phi) is 2.87. The zero-order valence-corrected chi connectivity index (χ0v) is 11.3. The van der Waals surface area contributed by atoms with Gasteiger partial charge in [0.2, 0.25) is 0 Å². The summed E-state index contributed by atoms with van der Waals surface area (Å²) in [6, 6.07) is 5.67. The van der Waals surface area contributed by atoms with Crippen LogP contribution in [0.1, 0.15) is 11.4 Å². The van der Waals surface area contributed by atoms with Crippen LogP contribution < -0.4 is 11.3 Å². The molecule has 0 fully saturated rings. The van der Waals surface area contributed by atoms with Gasteiger partial charge in [0, 0.05) is 30.7 Å². The van der Waals surface area contributed by atoms with Crippen molar-refractivity contribution in [2.24, 2.45) is 12.8 Å². The molecule has 2 aromatic heterocycles. The molecule has 6 nitrogen and oxygen atoms in total. The van der Waals surface area contributed by atoms with Crippen molar-refractivity contribution in [3.8, 4) is 11.1 Å². The Labute approximate surface area is 115 Å². The highest BCUT2D eigenvalue weighted by Gasteiger charge is 2.10. The molecule has 0 spiro atoms. The average Bonchev–Trinajstić information content (AvgIpc) is 2.78. The Balaban J connectivity index is 2.30. The number of aromatic amines is 1. The number of rotatable bonds is 2. The predicted molar refractivity (Wildman–Crippen MR) is 77.2 cm³/mol. The molecule has 0 radical (unpaired) electrons. The van der Waals surface area contributed by atoms with E-state index in [1.807, 2.05) is 32.3 Å². The monoisotopic (exact) mass is 269 g/mol. The number of aromatic nitrogens is 4. The third-order valence-corrected chi connectivity index (χ3v) is 3.39. The molecule has 0 aliphatic carbocycles. The van der Waals surface area contributed by atoms with Crippen LogP contribution in [-0.2, 0) is 13.6 Å². The second-order valence-electron chi connectivity index (χ2n) is 4.77. The van der Waals surface area contributed by atoms with Gasteiger partial charge in [-0.05, 0) is 24.6 Å². The maximum absolute atomic E-state index is 11.8. The van der Waals surface area contributed by atoms with E-state index in [1.165, 1.54) is 0 Å². The lowest BCUT2D eigenvalue weighted by atomic mass is 10.0. The van der Waals surface area contributed by atoms with Gasteiger partial charge in [0.05, 0.1) is 16.8 Å². The van der Waals surface area contributed by atoms with E-state index in [1.54, 1.807) is 10.7 Å². The van der Waals surface area contributed by atoms with E-state index in [0.29, 0.717) is 11.1 Å². The van der Waals surface area contributed by atoms with Gasteiger partial charge >= 0.3 is 0 Å². The van der Waals surface area contributed by atoms with E-state index in [-0.39, 0.29) is 12.1 Å². The molecule has 0 bridgehead atoms. The summed E-state index contributed by atoms with van der Waals surface area (Å²) in [7, 11) is 1.88. The fraction of sp³-hybridized carbons (Fsp3) is 0.214. The van der Waals surface area contributed by atoms with Crippen LogP contribution in [0.25, 0.3) is 21.9 Å². The van der Waals surface area contributed by atoms with Gasteiger partial charge in [-0.3, -0.25) is 9.48 Å². The van der Waals surface area contributed by atoms with Crippen molar-refractivity contribution in [2.75, 3.05) is 0 Å². The normalized spacial score (nSPS) is 11.2. The van der Waals surface area contributed by atoms with Crippen LogP contribution in [0.15, 0.2) is 29.2 Å². The molecule has 0 aliphatic heterocycles. The van der Waals surface area contributed by atoms with Crippen molar-refractivity contribution in [3.63, 3.8) is 0 Å². The van der Waals surface area contributed by atoms with Crippen molar-refractivity contribution < 1.29 is 0 Å². The quantitative estimate of drug-likeness (QED) is 0.728. The number of nitrogens with one attached hydrogen (secondary N) is 1.